The van der Waals surface area contributed by atoms with Crippen LogP contribution in [0, 0.1) is 12.8 Å². The van der Waals surface area contributed by atoms with Crippen molar-refractivity contribution in [3.05, 3.63) is 23.9 Å². The molecule has 0 saturated carbocycles. The lowest BCUT2D eigenvalue weighted by Crippen LogP contribution is -2.49. The maximum absolute atomic E-state index is 12.2. The first-order valence-electron chi connectivity index (χ1n) is 7.70. The van der Waals surface area contributed by atoms with Gasteiger partial charge in [0.05, 0.1) is 6.26 Å². The third-order valence-corrected chi connectivity index (χ3v) is 5.99. The van der Waals surface area contributed by atoms with E-state index in [9.17, 15) is 13.2 Å². The molecule has 0 aliphatic carbocycles. The number of likely N-dealkylation sites (N-methyl/N-ethyl adjacent to an activating group) is 1. The van der Waals surface area contributed by atoms with Gasteiger partial charge in [0.1, 0.15) is 11.9 Å². The number of carbonyl (C=O) groups excluding carboxylic acids is 1. The minimum Gasteiger partial charge on any atom is -0.358 e. The summed E-state index contributed by atoms with van der Waals surface area (Å²) < 4.78 is 25.8. The molecule has 1 aromatic rings. The molecule has 2 aliphatic heterocycles. The van der Waals surface area contributed by atoms with Gasteiger partial charge in [-0.15, -0.1) is 0 Å². The van der Waals surface area contributed by atoms with Crippen molar-refractivity contribution in [2.75, 3.05) is 31.3 Å². The molecule has 1 amide bonds. The minimum atomic E-state index is -3.45. The Kier molecular flexibility index (Phi) is 4.05. The molecule has 0 aromatic carbocycles. The standard InChI is InChI=1S/C15H22N4O3S/c1-10-5-4-6-14(17-10)18-8-11-7-12(15(20)16-2)19(13(11)9-18)23(3,21)22/h4-6,11-13H,7-9H2,1-3H3,(H,16,20)/t11-,12-,13+/m0/s1. The average Bonchev–Trinajstić information content (AvgIpc) is 3.02. The van der Waals surface area contributed by atoms with E-state index in [1.807, 2.05) is 25.1 Å². The zero-order valence-corrected chi connectivity index (χ0v) is 14.4. The molecule has 3 heterocycles. The number of carbonyl (C=O) groups is 1. The molecule has 8 heteroatoms. The molecule has 0 radical (unpaired) electrons. The highest BCUT2D eigenvalue weighted by Crippen LogP contribution is 2.38. The number of hydrogen-bond donors (Lipinski definition) is 1. The summed E-state index contributed by atoms with van der Waals surface area (Å²) in [5.41, 5.74) is 0.933. The molecule has 7 nitrogen and oxygen atoms in total. The monoisotopic (exact) mass is 338 g/mol. The van der Waals surface area contributed by atoms with Crippen LogP contribution in [0.15, 0.2) is 18.2 Å². The molecule has 3 atom stereocenters. The molecule has 0 spiro atoms. The Labute approximate surface area is 136 Å². The molecule has 23 heavy (non-hydrogen) atoms. The Morgan fingerprint density at radius 1 is 1.35 bits per heavy atom. The maximum atomic E-state index is 12.2. The van der Waals surface area contributed by atoms with Crippen LogP contribution in [0.5, 0.6) is 0 Å². The number of sulfonamides is 1. The Morgan fingerprint density at radius 3 is 2.70 bits per heavy atom. The first kappa shape index (κ1) is 16.2. The van der Waals surface area contributed by atoms with Gasteiger partial charge in [0, 0.05) is 31.9 Å². The SMILES string of the molecule is CNC(=O)[C@@H]1C[C@H]2CN(c3cccc(C)n3)C[C@H]2N1S(C)(=O)=O. The molecule has 0 bridgehead atoms. The third-order valence-electron chi connectivity index (χ3n) is 4.70. The second-order valence-electron chi connectivity index (χ2n) is 6.33. The molecule has 3 rings (SSSR count). The van der Waals surface area contributed by atoms with Gasteiger partial charge in [0.15, 0.2) is 0 Å². The lowest BCUT2D eigenvalue weighted by atomic mass is 10.0. The topological polar surface area (TPSA) is 82.6 Å². The number of rotatable bonds is 3. The van der Waals surface area contributed by atoms with Crippen LogP contribution in [0.4, 0.5) is 5.82 Å². The van der Waals surface area contributed by atoms with Crippen molar-refractivity contribution in [2.45, 2.75) is 25.4 Å². The van der Waals surface area contributed by atoms with E-state index in [-0.39, 0.29) is 17.9 Å². The largest absolute Gasteiger partial charge is 0.358 e. The summed E-state index contributed by atoms with van der Waals surface area (Å²) in [5.74, 6) is 0.781. The quantitative estimate of drug-likeness (QED) is 0.837. The Bertz CT molecular complexity index is 721. The van der Waals surface area contributed by atoms with Gasteiger partial charge in [-0.2, -0.15) is 4.31 Å². The third kappa shape index (κ3) is 2.92. The summed E-state index contributed by atoms with van der Waals surface area (Å²) >= 11 is 0. The highest BCUT2D eigenvalue weighted by Gasteiger charge is 2.52. The number of hydrogen-bond acceptors (Lipinski definition) is 5. The Balaban J connectivity index is 1.86. The molecule has 1 aromatic heterocycles. The van der Waals surface area contributed by atoms with E-state index < -0.39 is 16.1 Å². The summed E-state index contributed by atoms with van der Waals surface area (Å²) in [6.07, 6.45) is 1.73. The number of anilines is 1. The minimum absolute atomic E-state index is 0.148. The van der Waals surface area contributed by atoms with Gasteiger partial charge in [-0.25, -0.2) is 13.4 Å². The Hall–Kier alpha value is -1.67. The van der Waals surface area contributed by atoms with Crippen LogP contribution in [0.3, 0.4) is 0 Å². The summed E-state index contributed by atoms with van der Waals surface area (Å²) in [6, 6.07) is 5.06. The lowest BCUT2D eigenvalue weighted by Gasteiger charge is -2.27. The molecule has 2 aliphatic rings. The zero-order valence-electron chi connectivity index (χ0n) is 13.6. The molecule has 1 N–H and O–H groups in total. The van der Waals surface area contributed by atoms with E-state index in [2.05, 4.69) is 15.2 Å². The van der Waals surface area contributed by atoms with Crippen LogP contribution in [0.25, 0.3) is 0 Å². The molecule has 0 unspecified atom stereocenters. The van der Waals surface area contributed by atoms with Crippen LogP contribution in [0.1, 0.15) is 12.1 Å². The van der Waals surface area contributed by atoms with Crippen LogP contribution >= 0.6 is 0 Å². The fourth-order valence-corrected chi connectivity index (χ4v) is 5.13. The summed E-state index contributed by atoms with van der Waals surface area (Å²) in [4.78, 5) is 18.7. The van der Waals surface area contributed by atoms with Crippen molar-refractivity contribution in [1.82, 2.24) is 14.6 Å². The van der Waals surface area contributed by atoms with E-state index in [4.69, 9.17) is 0 Å². The van der Waals surface area contributed by atoms with E-state index in [1.54, 1.807) is 7.05 Å². The van der Waals surface area contributed by atoms with Crippen LogP contribution in [0.2, 0.25) is 0 Å². The number of pyridine rings is 1. The molecule has 126 valence electrons. The highest BCUT2D eigenvalue weighted by molar-refractivity contribution is 7.88. The van der Waals surface area contributed by atoms with Gasteiger partial charge >= 0.3 is 0 Å². The van der Waals surface area contributed by atoms with Gasteiger partial charge in [0.25, 0.3) is 0 Å². The fourth-order valence-electron chi connectivity index (χ4n) is 3.75. The molecular formula is C15H22N4O3S. The van der Waals surface area contributed by atoms with Gasteiger partial charge in [-0.05, 0) is 31.4 Å². The van der Waals surface area contributed by atoms with Crippen molar-refractivity contribution >= 4 is 21.7 Å². The van der Waals surface area contributed by atoms with E-state index >= 15 is 0 Å². The number of aromatic nitrogens is 1. The molecule has 2 fully saturated rings. The summed E-state index contributed by atoms with van der Waals surface area (Å²) in [7, 11) is -1.91. The van der Waals surface area contributed by atoms with Gasteiger partial charge < -0.3 is 10.2 Å². The van der Waals surface area contributed by atoms with E-state index in [1.165, 1.54) is 10.6 Å². The number of nitrogens with zero attached hydrogens (tertiary/aromatic N) is 3. The van der Waals surface area contributed by atoms with E-state index in [0.717, 1.165) is 18.1 Å². The van der Waals surface area contributed by atoms with Crippen LogP contribution in [-0.4, -0.2) is 62.1 Å². The molecule has 2 saturated heterocycles. The van der Waals surface area contributed by atoms with Crippen LogP contribution in [-0.2, 0) is 14.8 Å². The van der Waals surface area contributed by atoms with Crippen molar-refractivity contribution in [3.8, 4) is 0 Å². The first-order chi connectivity index (χ1) is 10.8. The number of amides is 1. The second-order valence-corrected chi connectivity index (χ2v) is 8.22. The summed E-state index contributed by atoms with van der Waals surface area (Å²) in [5, 5.41) is 2.58. The van der Waals surface area contributed by atoms with Gasteiger partial charge in [-0.3, -0.25) is 4.79 Å². The predicted molar refractivity (Wildman–Crippen MR) is 87.6 cm³/mol. The lowest BCUT2D eigenvalue weighted by molar-refractivity contribution is -0.123. The smallest absolute Gasteiger partial charge is 0.238 e. The Morgan fingerprint density at radius 2 is 2.09 bits per heavy atom. The number of nitrogens with one attached hydrogen (secondary N) is 1. The normalized spacial score (nSPS) is 28.0. The van der Waals surface area contributed by atoms with Crippen molar-refractivity contribution in [2.24, 2.45) is 5.92 Å². The van der Waals surface area contributed by atoms with E-state index in [0.29, 0.717) is 13.0 Å². The summed E-state index contributed by atoms with van der Waals surface area (Å²) in [6.45, 7) is 3.23. The second kappa shape index (κ2) is 5.76. The van der Waals surface area contributed by atoms with Crippen molar-refractivity contribution < 1.29 is 13.2 Å². The molecular weight excluding hydrogens is 316 g/mol. The van der Waals surface area contributed by atoms with Crippen molar-refractivity contribution in [3.63, 3.8) is 0 Å². The zero-order chi connectivity index (χ0) is 16.8. The maximum Gasteiger partial charge on any atom is 0.238 e. The fraction of sp³-hybridized carbons (Fsp3) is 0.600. The first-order valence-corrected chi connectivity index (χ1v) is 9.55. The number of aryl methyl sites for hydroxylation is 1. The number of fused-ring (bicyclic) bond motifs is 1. The van der Waals surface area contributed by atoms with Gasteiger partial charge in [-0.1, -0.05) is 6.07 Å². The van der Waals surface area contributed by atoms with Crippen molar-refractivity contribution in [1.29, 1.82) is 0 Å². The van der Waals surface area contributed by atoms with Crippen LogP contribution < -0.4 is 10.2 Å². The average molecular weight is 338 g/mol. The predicted octanol–water partition coefficient (Wildman–Crippen LogP) is -0.0253. The van der Waals surface area contributed by atoms with Gasteiger partial charge in [0.2, 0.25) is 15.9 Å². The highest BCUT2D eigenvalue weighted by atomic mass is 32.2.